The van der Waals surface area contributed by atoms with Gasteiger partial charge in [-0.2, -0.15) is 0 Å². The number of carbonyl (C=O) groups is 6. The third kappa shape index (κ3) is 7.56. The van der Waals surface area contributed by atoms with Gasteiger partial charge in [-0.1, -0.05) is 19.3 Å². The molecule has 0 saturated carbocycles. The maximum atomic E-state index is 12.8. The maximum absolute atomic E-state index is 12.8. The van der Waals surface area contributed by atoms with E-state index in [1.54, 1.807) is 7.11 Å². The molecule has 3 fully saturated rings. The third-order valence-corrected chi connectivity index (χ3v) is 14.0. The summed E-state index contributed by atoms with van der Waals surface area (Å²) in [5.74, 6) is -1.45. The van der Waals surface area contributed by atoms with Crippen molar-refractivity contribution in [1.82, 2.24) is 14.7 Å². The minimum Gasteiger partial charge on any atom is -0.420 e. The van der Waals surface area contributed by atoms with Gasteiger partial charge in [-0.15, -0.1) is 0 Å². The van der Waals surface area contributed by atoms with Gasteiger partial charge in [0.1, 0.15) is 0 Å². The highest BCUT2D eigenvalue weighted by molar-refractivity contribution is 6.73. The number of nitrogens with zero attached hydrogens (tertiary/aromatic N) is 3. The van der Waals surface area contributed by atoms with Crippen LogP contribution in [0.2, 0.25) is 18.1 Å². The van der Waals surface area contributed by atoms with E-state index in [1.807, 2.05) is 41.5 Å². The van der Waals surface area contributed by atoms with Crippen LogP contribution in [0.15, 0.2) is 0 Å². The topological polar surface area (TPSA) is 121 Å². The zero-order valence-electron chi connectivity index (χ0n) is 26.6. The molecule has 0 N–H and O–H groups in total. The molecule has 0 aromatic rings. The number of rotatable bonds is 16. The summed E-state index contributed by atoms with van der Waals surface area (Å²) in [6, 6.07) is 2.01. The summed E-state index contributed by atoms with van der Waals surface area (Å²) in [6.45, 7) is 11.1. The van der Waals surface area contributed by atoms with Gasteiger partial charge in [0.15, 0.2) is 8.32 Å². The molecule has 6 amide bonds. The zero-order valence-corrected chi connectivity index (χ0v) is 27.6. The Bertz CT molecular complexity index is 933. The molecule has 0 aromatic heterocycles. The van der Waals surface area contributed by atoms with Gasteiger partial charge in [0, 0.05) is 62.3 Å². The Morgan fingerprint density at radius 3 is 1.02 bits per heavy atom. The van der Waals surface area contributed by atoms with Crippen molar-refractivity contribution < 1.29 is 33.2 Å². The molecule has 3 unspecified atom stereocenters. The molecule has 0 radical (unpaired) electrons. The van der Waals surface area contributed by atoms with Crippen LogP contribution in [0.5, 0.6) is 0 Å². The molecule has 3 heterocycles. The quantitative estimate of drug-likeness (QED) is 0.190. The number of hydrogen-bond donors (Lipinski definition) is 0. The summed E-state index contributed by atoms with van der Waals surface area (Å²) in [4.78, 5) is 79.9. The van der Waals surface area contributed by atoms with Crippen LogP contribution in [0.4, 0.5) is 0 Å². The predicted octanol–water partition coefficient (Wildman–Crippen LogP) is 4.27. The van der Waals surface area contributed by atoms with Crippen molar-refractivity contribution in [3.8, 4) is 0 Å². The SMILES string of the molecule is CO[Si](CCCC1CC(=O)N(C(C)C)C1=O)(CCCC1CC(=O)N(C(C)C)C1=O)CCCC1CC(=O)N(C(C)C)C1=O. The van der Waals surface area contributed by atoms with E-state index in [0.717, 1.165) is 37.4 Å². The molecule has 0 bridgehead atoms. The summed E-state index contributed by atoms with van der Waals surface area (Å²) in [5, 5.41) is 0. The Labute approximate surface area is 252 Å². The first-order valence-electron chi connectivity index (χ1n) is 15.9. The Balaban J connectivity index is 1.63. The zero-order chi connectivity index (χ0) is 31.4. The van der Waals surface area contributed by atoms with Gasteiger partial charge in [-0.3, -0.25) is 43.5 Å². The monoisotopic (exact) mass is 605 g/mol. The highest BCUT2D eigenvalue weighted by Crippen LogP contribution is 2.36. The van der Waals surface area contributed by atoms with Crippen molar-refractivity contribution in [2.75, 3.05) is 7.11 Å². The molecule has 3 rings (SSSR count). The van der Waals surface area contributed by atoms with Crippen LogP contribution in [-0.4, -0.2) is 83.7 Å². The summed E-state index contributed by atoms with van der Waals surface area (Å²) in [7, 11) is -0.606. The second-order valence-corrected chi connectivity index (χ2v) is 17.6. The highest BCUT2D eigenvalue weighted by Gasteiger charge is 2.43. The van der Waals surface area contributed by atoms with Crippen LogP contribution in [0, 0.1) is 17.8 Å². The maximum Gasteiger partial charge on any atom is 0.233 e. The fourth-order valence-electron chi connectivity index (χ4n) is 7.15. The molecule has 236 valence electrons. The minimum absolute atomic E-state index is 0.0853. The van der Waals surface area contributed by atoms with E-state index >= 15 is 0 Å². The summed E-state index contributed by atoms with van der Waals surface area (Å²) >= 11 is 0. The van der Waals surface area contributed by atoms with Gasteiger partial charge >= 0.3 is 0 Å². The van der Waals surface area contributed by atoms with Crippen LogP contribution in [0.1, 0.15) is 99.3 Å². The van der Waals surface area contributed by atoms with E-state index in [2.05, 4.69) is 0 Å². The van der Waals surface area contributed by atoms with Gasteiger partial charge in [0.05, 0.1) is 0 Å². The summed E-state index contributed by atoms with van der Waals surface area (Å²) in [6.07, 6.45) is 4.95. The molecule has 3 aliphatic rings. The number of carbonyl (C=O) groups excluding carboxylic acids is 6. The smallest absolute Gasteiger partial charge is 0.233 e. The van der Waals surface area contributed by atoms with Crippen molar-refractivity contribution >= 4 is 43.8 Å². The molecule has 11 heteroatoms. The van der Waals surface area contributed by atoms with Crippen LogP contribution in [0.3, 0.4) is 0 Å². The van der Waals surface area contributed by atoms with Gasteiger partial charge in [0.25, 0.3) is 0 Å². The van der Waals surface area contributed by atoms with Crippen molar-refractivity contribution in [2.45, 2.75) is 136 Å². The molecule has 3 aliphatic heterocycles. The second-order valence-electron chi connectivity index (χ2n) is 13.4. The van der Waals surface area contributed by atoms with E-state index < -0.39 is 8.32 Å². The number of likely N-dealkylation sites (tertiary alicyclic amines) is 3. The van der Waals surface area contributed by atoms with E-state index in [-0.39, 0.29) is 90.6 Å². The lowest BCUT2D eigenvalue weighted by molar-refractivity contribution is -0.143. The highest BCUT2D eigenvalue weighted by atomic mass is 28.4. The fraction of sp³-hybridized carbons (Fsp3) is 0.806. The fourth-order valence-corrected chi connectivity index (χ4v) is 11.1. The molecule has 0 spiro atoms. The molecule has 0 aliphatic carbocycles. The number of amides is 6. The van der Waals surface area contributed by atoms with E-state index in [4.69, 9.17) is 4.43 Å². The Morgan fingerprint density at radius 2 is 0.833 bits per heavy atom. The predicted molar refractivity (Wildman–Crippen MR) is 160 cm³/mol. The molecule has 0 aromatic carbocycles. The Kier molecular flexibility index (Phi) is 11.7. The van der Waals surface area contributed by atoms with Crippen LogP contribution in [0.25, 0.3) is 0 Å². The van der Waals surface area contributed by atoms with Crippen molar-refractivity contribution in [1.29, 1.82) is 0 Å². The lowest BCUT2D eigenvalue weighted by Gasteiger charge is -2.31. The average molecular weight is 606 g/mol. The third-order valence-electron chi connectivity index (χ3n) is 9.37. The first-order valence-corrected chi connectivity index (χ1v) is 18.4. The Morgan fingerprint density at radius 1 is 0.571 bits per heavy atom. The van der Waals surface area contributed by atoms with E-state index in [1.165, 1.54) is 14.7 Å². The first-order chi connectivity index (χ1) is 19.7. The van der Waals surface area contributed by atoms with Gasteiger partial charge in [-0.05, 0) is 78.9 Å². The van der Waals surface area contributed by atoms with E-state index in [0.29, 0.717) is 19.3 Å². The number of hydrogen-bond acceptors (Lipinski definition) is 7. The summed E-state index contributed by atoms with van der Waals surface area (Å²) < 4.78 is 6.31. The van der Waals surface area contributed by atoms with E-state index in [9.17, 15) is 28.8 Å². The summed E-state index contributed by atoms with van der Waals surface area (Å²) in [5.41, 5.74) is 0. The minimum atomic E-state index is -2.35. The lowest BCUT2D eigenvalue weighted by atomic mass is 10.0. The molecule has 3 atom stereocenters. The lowest BCUT2D eigenvalue weighted by Crippen LogP contribution is -2.38. The molecular weight excluding hydrogens is 554 g/mol. The van der Waals surface area contributed by atoms with Crippen LogP contribution < -0.4 is 0 Å². The standard InChI is InChI=1S/C31H51N3O7Si/c1-20(2)32-26(35)17-23(29(32)38)11-8-14-42(41-7,15-9-12-24-18-27(36)33(21(3)4)30(24)39)16-10-13-25-19-28(37)34(22(5)6)31(25)40/h20-25H,8-19H2,1-7H3. The normalized spacial score (nSPS) is 25.0. The van der Waals surface area contributed by atoms with Crippen molar-refractivity contribution in [3.63, 3.8) is 0 Å². The van der Waals surface area contributed by atoms with Crippen molar-refractivity contribution in [2.24, 2.45) is 17.8 Å². The largest absolute Gasteiger partial charge is 0.420 e. The molecule has 10 nitrogen and oxygen atoms in total. The van der Waals surface area contributed by atoms with Crippen LogP contribution >= 0.6 is 0 Å². The second kappa shape index (κ2) is 14.4. The Hall–Kier alpha value is -2.40. The first kappa shape index (κ1) is 34.1. The molecular formula is C31H51N3O7Si. The number of imide groups is 3. The van der Waals surface area contributed by atoms with Crippen LogP contribution in [-0.2, 0) is 33.2 Å². The average Bonchev–Trinajstić information content (AvgIpc) is 3.46. The van der Waals surface area contributed by atoms with Gasteiger partial charge < -0.3 is 4.43 Å². The van der Waals surface area contributed by atoms with Gasteiger partial charge in [-0.25, -0.2) is 0 Å². The molecule has 42 heavy (non-hydrogen) atoms. The molecule has 3 saturated heterocycles. The van der Waals surface area contributed by atoms with Gasteiger partial charge in [0.2, 0.25) is 35.4 Å². The van der Waals surface area contributed by atoms with Crippen molar-refractivity contribution in [3.05, 3.63) is 0 Å².